The summed E-state index contributed by atoms with van der Waals surface area (Å²) >= 11 is 0. The molecule has 2 fully saturated rings. The molecule has 0 bridgehead atoms. The maximum absolute atomic E-state index is 13.3. The minimum absolute atomic E-state index is 0.125. The molecule has 194 valence electrons. The highest BCUT2D eigenvalue weighted by Gasteiger charge is 2.49. The Balaban J connectivity index is 1.06. The SMILES string of the molecule is O=S(=O)(NC1COC2C(Nc3nccc(-c4ccc5c(c4)OCO5)n3)COC12)c1cccc2cccnc12. The zero-order valence-corrected chi connectivity index (χ0v) is 20.8. The molecule has 3 aliphatic rings. The van der Waals surface area contributed by atoms with Gasteiger partial charge in [-0.1, -0.05) is 18.2 Å². The Labute approximate surface area is 218 Å². The van der Waals surface area contributed by atoms with E-state index in [1.165, 1.54) is 0 Å². The molecule has 0 radical (unpaired) electrons. The van der Waals surface area contributed by atoms with Gasteiger partial charge in [-0.15, -0.1) is 0 Å². The zero-order chi connectivity index (χ0) is 25.7. The van der Waals surface area contributed by atoms with Gasteiger partial charge in [-0.05, 0) is 36.4 Å². The van der Waals surface area contributed by atoms with Gasteiger partial charge in [0.25, 0.3) is 0 Å². The van der Waals surface area contributed by atoms with E-state index in [1.54, 1.807) is 30.6 Å². The number of benzene rings is 2. The van der Waals surface area contributed by atoms with Crippen LogP contribution in [0.5, 0.6) is 11.5 Å². The molecular weight excluding hydrogens is 510 g/mol. The van der Waals surface area contributed by atoms with E-state index in [0.717, 1.165) is 16.6 Å². The lowest BCUT2D eigenvalue weighted by molar-refractivity contribution is 0.0690. The van der Waals surface area contributed by atoms with Crippen LogP contribution in [0.1, 0.15) is 0 Å². The van der Waals surface area contributed by atoms with Crippen molar-refractivity contribution in [3.05, 3.63) is 67.0 Å². The van der Waals surface area contributed by atoms with Gasteiger partial charge in [0, 0.05) is 23.3 Å². The van der Waals surface area contributed by atoms with Gasteiger partial charge in [0.05, 0.1) is 36.5 Å². The average molecular weight is 534 g/mol. The first-order valence-electron chi connectivity index (χ1n) is 12.1. The molecule has 12 heteroatoms. The van der Waals surface area contributed by atoms with Crippen LogP contribution in [0.2, 0.25) is 0 Å². The van der Waals surface area contributed by atoms with E-state index in [4.69, 9.17) is 18.9 Å². The van der Waals surface area contributed by atoms with Crippen molar-refractivity contribution in [3.63, 3.8) is 0 Å². The summed E-state index contributed by atoms with van der Waals surface area (Å²) in [6.07, 6.45) is 2.43. The summed E-state index contributed by atoms with van der Waals surface area (Å²) in [5, 5.41) is 4.05. The molecule has 2 N–H and O–H groups in total. The summed E-state index contributed by atoms with van der Waals surface area (Å²) in [7, 11) is -3.86. The van der Waals surface area contributed by atoms with Gasteiger partial charge in [-0.3, -0.25) is 4.98 Å². The van der Waals surface area contributed by atoms with Gasteiger partial charge in [0.2, 0.25) is 22.8 Å². The van der Waals surface area contributed by atoms with Gasteiger partial charge in [0.15, 0.2) is 11.5 Å². The molecule has 0 spiro atoms. The van der Waals surface area contributed by atoms with Crippen molar-refractivity contribution >= 4 is 26.9 Å². The van der Waals surface area contributed by atoms with Gasteiger partial charge in [0.1, 0.15) is 17.1 Å². The second kappa shape index (κ2) is 9.17. The van der Waals surface area contributed by atoms with E-state index in [0.29, 0.717) is 29.6 Å². The lowest BCUT2D eigenvalue weighted by atomic mass is 10.1. The maximum atomic E-state index is 13.3. The van der Waals surface area contributed by atoms with E-state index in [2.05, 4.69) is 25.0 Å². The number of anilines is 1. The fourth-order valence-electron chi connectivity index (χ4n) is 5.09. The highest BCUT2D eigenvalue weighted by Crippen LogP contribution is 2.36. The monoisotopic (exact) mass is 533 g/mol. The summed E-state index contributed by atoms with van der Waals surface area (Å²) < 4.78 is 52.2. The lowest BCUT2D eigenvalue weighted by Crippen LogP contribution is -2.44. The molecule has 7 rings (SSSR count). The van der Waals surface area contributed by atoms with E-state index >= 15 is 0 Å². The second-order valence-corrected chi connectivity index (χ2v) is 10.9. The van der Waals surface area contributed by atoms with Gasteiger partial charge in [-0.2, -0.15) is 0 Å². The number of aromatic nitrogens is 3. The van der Waals surface area contributed by atoms with Crippen molar-refractivity contribution in [2.24, 2.45) is 0 Å². The first kappa shape index (κ1) is 23.3. The number of rotatable bonds is 6. The maximum Gasteiger partial charge on any atom is 0.243 e. The van der Waals surface area contributed by atoms with Gasteiger partial charge in [-0.25, -0.2) is 23.1 Å². The first-order valence-corrected chi connectivity index (χ1v) is 13.6. The highest BCUT2D eigenvalue weighted by molar-refractivity contribution is 7.89. The third-order valence-corrected chi connectivity index (χ3v) is 8.41. The number of sulfonamides is 1. The Morgan fingerprint density at radius 2 is 1.66 bits per heavy atom. The number of hydrogen-bond acceptors (Lipinski definition) is 10. The number of pyridine rings is 1. The Bertz CT molecular complexity index is 1630. The van der Waals surface area contributed by atoms with Crippen LogP contribution in [-0.2, 0) is 19.5 Å². The number of para-hydroxylation sites is 1. The molecule has 3 aliphatic heterocycles. The zero-order valence-electron chi connectivity index (χ0n) is 20.0. The van der Waals surface area contributed by atoms with Crippen molar-refractivity contribution in [2.45, 2.75) is 29.2 Å². The Hall–Kier alpha value is -3.84. The molecule has 4 unspecified atom stereocenters. The predicted octanol–water partition coefficient (Wildman–Crippen LogP) is 2.35. The van der Waals surface area contributed by atoms with Crippen molar-refractivity contribution in [1.29, 1.82) is 0 Å². The van der Waals surface area contributed by atoms with Crippen LogP contribution >= 0.6 is 0 Å². The molecule has 4 aromatic rings. The molecule has 2 saturated heterocycles. The van der Waals surface area contributed by atoms with Crippen LogP contribution in [0.25, 0.3) is 22.2 Å². The quantitative estimate of drug-likeness (QED) is 0.380. The highest BCUT2D eigenvalue weighted by atomic mass is 32.2. The average Bonchev–Trinajstić information content (AvgIpc) is 3.66. The van der Waals surface area contributed by atoms with Crippen molar-refractivity contribution in [3.8, 4) is 22.8 Å². The lowest BCUT2D eigenvalue weighted by Gasteiger charge is -2.19. The summed E-state index contributed by atoms with van der Waals surface area (Å²) in [5.74, 6) is 1.80. The number of hydrogen-bond donors (Lipinski definition) is 2. The van der Waals surface area contributed by atoms with Crippen LogP contribution in [0, 0.1) is 0 Å². The number of ether oxygens (including phenoxy) is 4. The molecule has 0 amide bonds. The third kappa shape index (κ3) is 4.11. The summed E-state index contributed by atoms with van der Waals surface area (Å²) in [5.41, 5.74) is 2.01. The molecule has 5 heterocycles. The Kier molecular flexibility index (Phi) is 5.62. The molecule has 0 saturated carbocycles. The summed E-state index contributed by atoms with van der Waals surface area (Å²) in [6.45, 7) is 0.708. The van der Waals surface area contributed by atoms with Crippen LogP contribution in [0.4, 0.5) is 5.95 Å². The van der Waals surface area contributed by atoms with E-state index in [-0.39, 0.29) is 30.4 Å². The number of nitrogens with one attached hydrogen (secondary N) is 2. The molecule has 2 aromatic carbocycles. The van der Waals surface area contributed by atoms with Crippen LogP contribution in [0.3, 0.4) is 0 Å². The van der Waals surface area contributed by atoms with Crippen LogP contribution < -0.4 is 19.5 Å². The van der Waals surface area contributed by atoms with E-state index < -0.39 is 22.2 Å². The van der Waals surface area contributed by atoms with Gasteiger partial charge >= 0.3 is 0 Å². The summed E-state index contributed by atoms with van der Waals surface area (Å²) in [4.78, 5) is 13.4. The number of fused-ring (bicyclic) bond motifs is 3. The molecule has 38 heavy (non-hydrogen) atoms. The number of nitrogens with zero attached hydrogens (tertiary/aromatic N) is 3. The molecule has 4 atom stereocenters. The standard InChI is InChI=1S/C26H23N5O6S/c32-38(33,22-5-1-3-15-4-2-9-27-23(15)22)31-19-13-35-24-18(12-34-25(19)24)30-26-28-10-8-17(29-26)16-6-7-20-21(11-16)37-14-36-20/h1-11,18-19,24-25,31H,12-14H2,(H,28,29,30). The fraction of sp³-hybridized carbons (Fsp3) is 0.269. The fourth-order valence-corrected chi connectivity index (χ4v) is 6.50. The van der Waals surface area contributed by atoms with Crippen molar-refractivity contribution in [1.82, 2.24) is 19.7 Å². The van der Waals surface area contributed by atoms with Gasteiger partial charge < -0.3 is 24.3 Å². The Morgan fingerprint density at radius 3 is 2.58 bits per heavy atom. The van der Waals surface area contributed by atoms with Crippen molar-refractivity contribution < 1.29 is 27.4 Å². The second-order valence-electron chi connectivity index (χ2n) is 9.24. The molecular formula is C26H23N5O6S. The molecule has 0 aliphatic carbocycles. The smallest absolute Gasteiger partial charge is 0.243 e. The van der Waals surface area contributed by atoms with Crippen LogP contribution in [0.15, 0.2) is 71.9 Å². The predicted molar refractivity (Wildman–Crippen MR) is 136 cm³/mol. The summed E-state index contributed by atoms with van der Waals surface area (Å²) in [6, 6.07) is 15.4. The van der Waals surface area contributed by atoms with E-state index in [9.17, 15) is 8.42 Å². The first-order chi connectivity index (χ1) is 18.5. The van der Waals surface area contributed by atoms with E-state index in [1.807, 2.05) is 36.4 Å². The minimum Gasteiger partial charge on any atom is -0.454 e. The third-order valence-electron chi connectivity index (χ3n) is 6.88. The Morgan fingerprint density at radius 1 is 0.842 bits per heavy atom. The molecule has 2 aromatic heterocycles. The topological polar surface area (TPSA) is 134 Å². The normalized spacial score (nSPS) is 24.0. The van der Waals surface area contributed by atoms with Crippen molar-refractivity contribution in [2.75, 3.05) is 25.3 Å². The molecule has 11 nitrogen and oxygen atoms in total. The largest absolute Gasteiger partial charge is 0.454 e. The van der Waals surface area contributed by atoms with Crippen LogP contribution in [-0.4, -0.2) is 67.7 Å². The minimum atomic E-state index is -3.86.